The van der Waals surface area contributed by atoms with Crippen molar-refractivity contribution in [3.05, 3.63) is 29.6 Å². The zero-order valence-corrected chi connectivity index (χ0v) is 9.66. The molecule has 0 spiro atoms. The molecule has 0 unspecified atom stereocenters. The van der Waals surface area contributed by atoms with Crippen molar-refractivity contribution in [3.8, 4) is 0 Å². The SMILES string of the molecule is CC[C@H](CO)NC(=O)c1ccc(C(F)(F)F)nc1. The average molecular weight is 262 g/mol. The maximum Gasteiger partial charge on any atom is 0.433 e. The van der Waals surface area contributed by atoms with Crippen LogP contribution >= 0.6 is 0 Å². The van der Waals surface area contributed by atoms with E-state index in [2.05, 4.69) is 10.3 Å². The lowest BCUT2D eigenvalue weighted by atomic mass is 10.2. The van der Waals surface area contributed by atoms with E-state index in [9.17, 15) is 18.0 Å². The summed E-state index contributed by atoms with van der Waals surface area (Å²) in [5.74, 6) is -0.558. The standard InChI is InChI=1S/C11H13F3N2O2/c1-2-8(6-17)16-10(18)7-3-4-9(15-5-7)11(12,13)14/h3-5,8,17H,2,6H2,1H3,(H,16,18)/t8-/m1/s1. The molecule has 100 valence electrons. The Kier molecular flexibility index (Phi) is 4.66. The Bertz CT molecular complexity index is 400. The lowest BCUT2D eigenvalue weighted by Crippen LogP contribution is -2.37. The van der Waals surface area contributed by atoms with Crippen LogP contribution in [0, 0.1) is 0 Å². The fourth-order valence-corrected chi connectivity index (χ4v) is 1.24. The second-order valence-electron chi connectivity index (χ2n) is 3.69. The molecule has 1 aromatic rings. The first-order valence-corrected chi connectivity index (χ1v) is 5.33. The highest BCUT2D eigenvalue weighted by Crippen LogP contribution is 2.27. The van der Waals surface area contributed by atoms with Crippen molar-refractivity contribution in [2.24, 2.45) is 0 Å². The van der Waals surface area contributed by atoms with Crippen LogP contribution < -0.4 is 5.32 Å². The van der Waals surface area contributed by atoms with Crippen LogP contribution in [0.1, 0.15) is 29.4 Å². The first-order chi connectivity index (χ1) is 8.38. The van der Waals surface area contributed by atoms with Crippen molar-refractivity contribution in [3.63, 3.8) is 0 Å². The highest BCUT2D eigenvalue weighted by molar-refractivity contribution is 5.94. The van der Waals surface area contributed by atoms with E-state index in [0.29, 0.717) is 6.42 Å². The molecule has 0 bridgehead atoms. The van der Waals surface area contributed by atoms with Gasteiger partial charge in [0, 0.05) is 6.20 Å². The molecule has 1 amide bonds. The lowest BCUT2D eigenvalue weighted by Gasteiger charge is -2.14. The Hall–Kier alpha value is -1.63. The molecule has 0 fully saturated rings. The minimum atomic E-state index is -4.52. The van der Waals surface area contributed by atoms with Crippen molar-refractivity contribution in [2.45, 2.75) is 25.6 Å². The first-order valence-electron chi connectivity index (χ1n) is 5.33. The topological polar surface area (TPSA) is 62.2 Å². The number of nitrogens with zero attached hydrogens (tertiary/aromatic N) is 1. The number of rotatable bonds is 4. The van der Waals surface area contributed by atoms with E-state index in [4.69, 9.17) is 5.11 Å². The molecular formula is C11H13F3N2O2. The van der Waals surface area contributed by atoms with Crippen LogP contribution in [0.25, 0.3) is 0 Å². The van der Waals surface area contributed by atoms with Gasteiger partial charge in [0.05, 0.1) is 18.2 Å². The molecule has 0 saturated carbocycles. The average Bonchev–Trinajstić information content (AvgIpc) is 2.34. The summed E-state index contributed by atoms with van der Waals surface area (Å²) in [4.78, 5) is 14.8. The third kappa shape index (κ3) is 3.69. The van der Waals surface area contributed by atoms with Crippen LogP contribution in [0.15, 0.2) is 18.3 Å². The number of carbonyl (C=O) groups excluding carboxylic acids is 1. The lowest BCUT2D eigenvalue weighted by molar-refractivity contribution is -0.141. The van der Waals surface area contributed by atoms with Gasteiger partial charge in [0.1, 0.15) is 5.69 Å². The molecule has 1 rings (SSSR count). The minimum absolute atomic E-state index is 0.0231. The molecule has 0 saturated heterocycles. The van der Waals surface area contributed by atoms with Gasteiger partial charge in [-0.15, -0.1) is 0 Å². The summed E-state index contributed by atoms with van der Waals surface area (Å²) in [6.45, 7) is 1.54. The predicted molar refractivity (Wildman–Crippen MR) is 57.9 cm³/mol. The number of carbonyl (C=O) groups is 1. The highest BCUT2D eigenvalue weighted by Gasteiger charge is 2.32. The van der Waals surface area contributed by atoms with Gasteiger partial charge in [-0.25, -0.2) is 0 Å². The van der Waals surface area contributed by atoms with E-state index in [0.717, 1.165) is 18.3 Å². The third-order valence-corrected chi connectivity index (χ3v) is 2.36. The number of aliphatic hydroxyl groups excluding tert-OH is 1. The number of pyridine rings is 1. The Morgan fingerprint density at radius 3 is 2.56 bits per heavy atom. The normalized spacial score (nSPS) is 13.2. The third-order valence-electron chi connectivity index (χ3n) is 2.36. The second kappa shape index (κ2) is 5.81. The summed E-state index contributed by atoms with van der Waals surface area (Å²) in [7, 11) is 0. The van der Waals surface area contributed by atoms with Gasteiger partial charge < -0.3 is 10.4 Å². The zero-order chi connectivity index (χ0) is 13.8. The highest BCUT2D eigenvalue weighted by atomic mass is 19.4. The van der Waals surface area contributed by atoms with Crippen molar-refractivity contribution >= 4 is 5.91 Å². The number of alkyl halides is 3. The summed E-state index contributed by atoms with van der Waals surface area (Å²) >= 11 is 0. The Morgan fingerprint density at radius 1 is 1.50 bits per heavy atom. The summed E-state index contributed by atoms with van der Waals surface area (Å²) in [5, 5.41) is 11.4. The van der Waals surface area contributed by atoms with Crippen molar-refractivity contribution in [1.82, 2.24) is 10.3 Å². The molecule has 0 radical (unpaired) electrons. The van der Waals surface area contributed by atoms with Crippen molar-refractivity contribution in [2.75, 3.05) is 6.61 Å². The van der Waals surface area contributed by atoms with Gasteiger partial charge in [0.15, 0.2) is 0 Å². The van der Waals surface area contributed by atoms with E-state index >= 15 is 0 Å². The summed E-state index contributed by atoms with van der Waals surface area (Å²) < 4.78 is 36.7. The number of amides is 1. The van der Waals surface area contributed by atoms with Crippen molar-refractivity contribution < 1.29 is 23.1 Å². The van der Waals surface area contributed by atoms with E-state index in [1.54, 1.807) is 6.92 Å². The van der Waals surface area contributed by atoms with E-state index < -0.39 is 23.8 Å². The monoisotopic (exact) mass is 262 g/mol. The fourth-order valence-electron chi connectivity index (χ4n) is 1.24. The predicted octanol–water partition coefficient (Wildman–Crippen LogP) is 1.60. The minimum Gasteiger partial charge on any atom is -0.394 e. The van der Waals surface area contributed by atoms with E-state index in [1.807, 2.05) is 0 Å². The van der Waals surface area contributed by atoms with Gasteiger partial charge >= 0.3 is 6.18 Å². The molecular weight excluding hydrogens is 249 g/mol. The molecule has 0 aliphatic rings. The number of hydrogen-bond donors (Lipinski definition) is 2. The molecule has 7 heteroatoms. The van der Waals surface area contributed by atoms with Crippen LogP contribution in [0.5, 0.6) is 0 Å². The van der Waals surface area contributed by atoms with Crippen LogP contribution in [-0.4, -0.2) is 28.6 Å². The quantitative estimate of drug-likeness (QED) is 0.866. The fraction of sp³-hybridized carbons (Fsp3) is 0.455. The van der Waals surface area contributed by atoms with Gasteiger partial charge in [0.25, 0.3) is 5.91 Å². The van der Waals surface area contributed by atoms with E-state index in [-0.39, 0.29) is 12.2 Å². The van der Waals surface area contributed by atoms with Crippen LogP contribution in [-0.2, 0) is 6.18 Å². The van der Waals surface area contributed by atoms with Gasteiger partial charge in [0.2, 0.25) is 0 Å². The summed E-state index contributed by atoms with van der Waals surface area (Å²) in [6.07, 6.45) is -3.13. The Balaban J connectivity index is 2.76. The maximum absolute atomic E-state index is 12.2. The Morgan fingerprint density at radius 2 is 2.17 bits per heavy atom. The number of aliphatic hydroxyl groups is 1. The molecule has 4 nitrogen and oxygen atoms in total. The number of aromatic nitrogens is 1. The molecule has 2 N–H and O–H groups in total. The largest absolute Gasteiger partial charge is 0.433 e. The molecule has 0 aliphatic carbocycles. The second-order valence-corrected chi connectivity index (χ2v) is 3.69. The molecule has 0 aliphatic heterocycles. The van der Waals surface area contributed by atoms with Crippen LogP contribution in [0.3, 0.4) is 0 Å². The summed E-state index contributed by atoms with van der Waals surface area (Å²) in [6, 6.07) is 1.38. The summed E-state index contributed by atoms with van der Waals surface area (Å²) in [5.41, 5.74) is -1.02. The van der Waals surface area contributed by atoms with Crippen LogP contribution in [0.2, 0.25) is 0 Å². The molecule has 1 atom stereocenters. The van der Waals surface area contributed by atoms with Gasteiger partial charge in [-0.3, -0.25) is 9.78 Å². The van der Waals surface area contributed by atoms with Gasteiger partial charge in [-0.1, -0.05) is 6.92 Å². The van der Waals surface area contributed by atoms with Gasteiger partial charge in [-0.05, 0) is 18.6 Å². The van der Waals surface area contributed by atoms with Crippen molar-refractivity contribution in [1.29, 1.82) is 0 Å². The van der Waals surface area contributed by atoms with Crippen LogP contribution in [0.4, 0.5) is 13.2 Å². The number of hydrogen-bond acceptors (Lipinski definition) is 3. The van der Waals surface area contributed by atoms with E-state index in [1.165, 1.54) is 0 Å². The first kappa shape index (κ1) is 14.4. The smallest absolute Gasteiger partial charge is 0.394 e. The Labute approximate surface area is 102 Å². The maximum atomic E-state index is 12.2. The molecule has 18 heavy (non-hydrogen) atoms. The molecule has 1 aromatic heterocycles. The molecule has 0 aromatic carbocycles. The number of nitrogens with one attached hydrogen (secondary N) is 1. The number of halogens is 3. The molecule has 1 heterocycles. The van der Waals surface area contributed by atoms with Gasteiger partial charge in [-0.2, -0.15) is 13.2 Å². The zero-order valence-electron chi connectivity index (χ0n) is 9.66.